The van der Waals surface area contributed by atoms with Gasteiger partial charge in [0.1, 0.15) is 0 Å². The second-order valence-electron chi connectivity index (χ2n) is 3.06. The predicted octanol–water partition coefficient (Wildman–Crippen LogP) is 2.27. The van der Waals surface area contributed by atoms with Crippen molar-refractivity contribution in [3.8, 4) is 11.5 Å². The molecular weight excluding hydrogens is 212 g/mol. The van der Waals surface area contributed by atoms with E-state index in [1.54, 1.807) is 13.2 Å². The Labute approximate surface area is 93.8 Å². The molecule has 15 heavy (non-hydrogen) atoms. The van der Waals surface area contributed by atoms with Crippen molar-refractivity contribution in [2.24, 2.45) is 0 Å². The predicted molar refractivity (Wildman–Crippen MR) is 61.7 cm³/mol. The molecule has 1 rings (SSSR count). The van der Waals surface area contributed by atoms with Crippen molar-refractivity contribution in [1.29, 1.82) is 0 Å². The minimum absolute atomic E-state index is 0.260. The van der Waals surface area contributed by atoms with Gasteiger partial charge >= 0.3 is 5.97 Å². The number of hydrogen-bond donors (Lipinski definition) is 0. The third-order valence-corrected chi connectivity index (χ3v) is 2.33. The summed E-state index contributed by atoms with van der Waals surface area (Å²) in [5, 5.41) is 0. The molecule has 0 aliphatic rings. The van der Waals surface area contributed by atoms with Gasteiger partial charge in [0.2, 0.25) is 0 Å². The number of benzene rings is 1. The number of rotatable bonds is 4. The zero-order valence-electron chi connectivity index (χ0n) is 9.07. The summed E-state index contributed by atoms with van der Waals surface area (Å²) >= 11 is 1.43. The van der Waals surface area contributed by atoms with E-state index >= 15 is 0 Å². The van der Waals surface area contributed by atoms with E-state index in [1.807, 2.05) is 25.3 Å². The van der Waals surface area contributed by atoms with E-state index in [4.69, 9.17) is 9.47 Å². The van der Waals surface area contributed by atoms with Gasteiger partial charge in [-0.05, 0) is 30.9 Å². The Hall–Kier alpha value is -1.16. The average Bonchev–Trinajstić information content (AvgIpc) is 2.21. The minimum Gasteiger partial charge on any atom is -0.493 e. The van der Waals surface area contributed by atoms with Crippen LogP contribution in [0.4, 0.5) is 0 Å². The van der Waals surface area contributed by atoms with Crippen LogP contribution in [0, 0.1) is 6.92 Å². The Balaban J connectivity index is 2.80. The summed E-state index contributed by atoms with van der Waals surface area (Å²) in [4.78, 5) is 11.3. The fraction of sp³-hybridized carbons (Fsp3) is 0.364. The summed E-state index contributed by atoms with van der Waals surface area (Å²) in [6.45, 7) is 1.95. The summed E-state index contributed by atoms with van der Waals surface area (Å²) < 4.78 is 10.3. The highest BCUT2D eigenvalue weighted by Gasteiger charge is 2.09. The molecule has 82 valence electrons. The molecule has 0 heterocycles. The molecule has 0 amide bonds. The topological polar surface area (TPSA) is 35.5 Å². The number of methoxy groups -OCH3 is 1. The van der Waals surface area contributed by atoms with Gasteiger partial charge < -0.3 is 9.47 Å². The van der Waals surface area contributed by atoms with E-state index in [2.05, 4.69) is 0 Å². The maximum Gasteiger partial charge on any atom is 0.321 e. The smallest absolute Gasteiger partial charge is 0.321 e. The van der Waals surface area contributed by atoms with Crippen molar-refractivity contribution in [3.63, 3.8) is 0 Å². The van der Waals surface area contributed by atoms with E-state index < -0.39 is 0 Å². The lowest BCUT2D eigenvalue weighted by Crippen LogP contribution is -2.11. The van der Waals surface area contributed by atoms with Crippen LogP contribution in [-0.4, -0.2) is 25.1 Å². The van der Waals surface area contributed by atoms with E-state index in [0.29, 0.717) is 17.3 Å². The zero-order chi connectivity index (χ0) is 11.3. The molecule has 0 aliphatic heterocycles. The highest BCUT2D eigenvalue weighted by atomic mass is 32.2. The van der Waals surface area contributed by atoms with E-state index in [1.165, 1.54) is 11.8 Å². The standard InChI is InChI=1S/C11H14O3S/c1-8-4-5-9(10(6-8)13-2)14-11(12)7-15-3/h4-6H,7H2,1-3H3. The van der Waals surface area contributed by atoms with Crippen LogP contribution in [0.5, 0.6) is 11.5 Å². The van der Waals surface area contributed by atoms with Crippen LogP contribution >= 0.6 is 11.8 Å². The molecule has 0 aliphatic carbocycles. The van der Waals surface area contributed by atoms with Gasteiger partial charge in [-0.1, -0.05) is 6.07 Å². The van der Waals surface area contributed by atoms with Crippen LogP contribution in [0.3, 0.4) is 0 Å². The van der Waals surface area contributed by atoms with Gasteiger partial charge in [-0.25, -0.2) is 0 Å². The fourth-order valence-corrected chi connectivity index (χ4v) is 1.42. The molecule has 0 spiro atoms. The molecule has 0 fully saturated rings. The first kappa shape index (κ1) is 11.9. The highest BCUT2D eigenvalue weighted by Crippen LogP contribution is 2.27. The molecule has 4 heteroatoms. The van der Waals surface area contributed by atoms with Gasteiger partial charge in [0.15, 0.2) is 11.5 Å². The van der Waals surface area contributed by atoms with Gasteiger partial charge in [0.05, 0.1) is 12.9 Å². The Kier molecular flexibility index (Phi) is 4.49. The second-order valence-corrected chi connectivity index (χ2v) is 3.93. The molecule has 0 bridgehead atoms. The van der Waals surface area contributed by atoms with Crippen LogP contribution < -0.4 is 9.47 Å². The maximum atomic E-state index is 11.3. The lowest BCUT2D eigenvalue weighted by atomic mass is 10.2. The zero-order valence-corrected chi connectivity index (χ0v) is 9.89. The molecule has 0 unspecified atom stereocenters. The lowest BCUT2D eigenvalue weighted by Gasteiger charge is -2.09. The molecule has 0 atom stereocenters. The number of carbonyl (C=O) groups is 1. The number of ether oxygens (including phenoxy) is 2. The van der Waals surface area contributed by atoms with E-state index in [-0.39, 0.29) is 5.97 Å². The third kappa shape index (κ3) is 3.47. The van der Waals surface area contributed by atoms with E-state index in [0.717, 1.165) is 5.56 Å². The van der Waals surface area contributed by atoms with Gasteiger partial charge in [-0.3, -0.25) is 4.79 Å². The highest BCUT2D eigenvalue weighted by molar-refractivity contribution is 7.99. The van der Waals surface area contributed by atoms with Crippen molar-refractivity contribution in [3.05, 3.63) is 23.8 Å². The number of thioether (sulfide) groups is 1. The molecule has 0 saturated heterocycles. The SMILES string of the molecule is COc1cc(C)ccc1OC(=O)CSC. The van der Waals surface area contributed by atoms with Crippen molar-refractivity contribution in [2.75, 3.05) is 19.1 Å². The van der Waals surface area contributed by atoms with Crippen LogP contribution in [0.1, 0.15) is 5.56 Å². The summed E-state index contributed by atoms with van der Waals surface area (Å²) in [6.07, 6.45) is 1.85. The first-order chi connectivity index (χ1) is 7.17. The van der Waals surface area contributed by atoms with Gasteiger partial charge in [-0.15, -0.1) is 0 Å². The molecule has 0 saturated carbocycles. The largest absolute Gasteiger partial charge is 0.493 e. The molecule has 3 nitrogen and oxygen atoms in total. The summed E-state index contributed by atoms with van der Waals surface area (Å²) in [7, 11) is 1.56. The lowest BCUT2D eigenvalue weighted by molar-refractivity contribution is -0.131. The van der Waals surface area contributed by atoms with Crippen LogP contribution in [0.2, 0.25) is 0 Å². The first-order valence-corrected chi connectivity index (χ1v) is 5.91. The van der Waals surface area contributed by atoms with Gasteiger partial charge in [0, 0.05) is 0 Å². The summed E-state index contributed by atoms with van der Waals surface area (Å²) in [5.41, 5.74) is 1.07. The summed E-state index contributed by atoms with van der Waals surface area (Å²) in [5.74, 6) is 1.15. The molecule has 0 N–H and O–H groups in total. The minimum atomic E-state index is -0.260. The number of esters is 1. The second kappa shape index (κ2) is 5.66. The van der Waals surface area contributed by atoms with Crippen LogP contribution in [-0.2, 0) is 4.79 Å². The van der Waals surface area contributed by atoms with Crippen molar-refractivity contribution >= 4 is 17.7 Å². The van der Waals surface area contributed by atoms with Crippen LogP contribution in [0.15, 0.2) is 18.2 Å². The molecule has 0 radical (unpaired) electrons. The van der Waals surface area contributed by atoms with Crippen molar-refractivity contribution in [1.82, 2.24) is 0 Å². The molecule has 1 aromatic carbocycles. The molecular formula is C11H14O3S. The monoisotopic (exact) mass is 226 g/mol. The first-order valence-electron chi connectivity index (χ1n) is 4.51. The van der Waals surface area contributed by atoms with Gasteiger partial charge in [0.25, 0.3) is 0 Å². The van der Waals surface area contributed by atoms with Gasteiger partial charge in [-0.2, -0.15) is 11.8 Å². The Morgan fingerprint density at radius 2 is 2.13 bits per heavy atom. The molecule has 0 aromatic heterocycles. The average molecular weight is 226 g/mol. The number of aryl methyl sites for hydroxylation is 1. The summed E-state index contributed by atoms with van der Waals surface area (Å²) in [6, 6.07) is 5.46. The Morgan fingerprint density at radius 1 is 1.40 bits per heavy atom. The van der Waals surface area contributed by atoms with Crippen molar-refractivity contribution in [2.45, 2.75) is 6.92 Å². The maximum absolute atomic E-state index is 11.3. The third-order valence-electron chi connectivity index (χ3n) is 1.81. The van der Waals surface area contributed by atoms with E-state index in [9.17, 15) is 4.79 Å². The Bertz CT molecular complexity index is 350. The number of hydrogen-bond acceptors (Lipinski definition) is 4. The van der Waals surface area contributed by atoms with Crippen molar-refractivity contribution < 1.29 is 14.3 Å². The van der Waals surface area contributed by atoms with Crippen LogP contribution in [0.25, 0.3) is 0 Å². The quantitative estimate of drug-likeness (QED) is 0.583. The Morgan fingerprint density at radius 3 is 2.73 bits per heavy atom. The normalized spacial score (nSPS) is 9.80. The number of carbonyl (C=O) groups excluding carboxylic acids is 1. The molecule has 1 aromatic rings. The fourth-order valence-electron chi connectivity index (χ4n) is 1.13.